The van der Waals surface area contributed by atoms with Crippen molar-refractivity contribution in [1.82, 2.24) is 25.4 Å². The second-order valence-electron chi connectivity index (χ2n) is 11.1. The lowest BCUT2D eigenvalue weighted by Gasteiger charge is -2.36. The van der Waals surface area contributed by atoms with E-state index in [4.69, 9.17) is 16.3 Å². The van der Waals surface area contributed by atoms with Crippen LogP contribution in [0.3, 0.4) is 0 Å². The van der Waals surface area contributed by atoms with E-state index in [0.29, 0.717) is 22.2 Å². The largest absolute Gasteiger partial charge is 0.474 e. The molecule has 9 heteroatoms. The summed E-state index contributed by atoms with van der Waals surface area (Å²) < 4.78 is 6.20. The summed E-state index contributed by atoms with van der Waals surface area (Å²) in [5.41, 5.74) is 3.80. The topological polar surface area (TPSA) is 100 Å². The molecule has 0 spiro atoms. The van der Waals surface area contributed by atoms with Crippen LogP contribution in [0.5, 0.6) is 5.88 Å². The van der Waals surface area contributed by atoms with Crippen molar-refractivity contribution in [2.45, 2.75) is 63.8 Å². The molecule has 0 unspecified atom stereocenters. The first-order valence-electron chi connectivity index (χ1n) is 13.8. The Bertz CT molecular complexity index is 1520. The van der Waals surface area contributed by atoms with Crippen molar-refractivity contribution >= 4 is 34.8 Å². The lowest BCUT2D eigenvalue weighted by molar-refractivity contribution is -0.123. The number of amides is 2. The van der Waals surface area contributed by atoms with Crippen LogP contribution in [0.4, 0.5) is 0 Å². The van der Waals surface area contributed by atoms with Crippen molar-refractivity contribution in [3.05, 3.63) is 76.9 Å². The summed E-state index contributed by atoms with van der Waals surface area (Å²) in [5, 5.41) is 12.2. The van der Waals surface area contributed by atoms with Crippen LogP contribution >= 0.6 is 11.6 Å². The number of hydrogen-bond donors (Lipinski definition) is 2. The predicted molar refractivity (Wildman–Crippen MR) is 154 cm³/mol. The van der Waals surface area contributed by atoms with Crippen LogP contribution in [0, 0.1) is 5.92 Å². The number of carbonyl (C=O) groups is 2. The molecule has 4 atom stereocenters. The maximum Gasteiger partial charge on any atom is 0.251 e. The molecule has 8 nitrogen and oxygen atoms in total. The second kappa shape index (κ2) is 10.9. The Kier molecular flexibility index (Phi) is 7.19. The molecule has 2 aliphatic heterocycles. The number of halogens is 1. The molecule has 206 valence electrons. The highest BCUT2D eigenvalue weighted by molar-refractivity contribution is 6.31. The van der Waals surface area contributed by atoms with Gasteiger partial charge in [-0.05, 0) is 54.7 Å². The molecule has 0 aliphatic carbocycles. The third-order valence-corrected chi connectivity index (χ3v) is 8.53. The Balaban J connectivity index is 1.19. The van der Waals surface area contributed by atoms with Gasteiger partial charge in [0.2, 0.25) is 12.3 Å². The van der Waals surface area contributed by atoms with E-state index >= 15 is 0 Å². The lowest BCUT2D eigenvalue weighted by atomic mass is 9.95. The van der Waals surface area contributed by atoms with Crippen molar-refractivity contribution in [2.24, 2.45) is 5.92 Å². The van der Waals surface area contributed by atoms with Crippen molar-refractivity contribution in [3.63, 3.8) is 0 Å². The molecule has 2 aliphatic rings. The zero-order valence-corrected chi connectivity index (χ0v) is 23.3. The monoisotopic (exact) mass is 557 g/mol. The number of piperidine rings is 1. The fourth-order valence-corrected chi connectivity index (χ4v) is 6.38. The minimum Gasteiger partial charge on any atom is -0.474 e. The van der Waals surface area contributed by atoms with E-state index in [9.17, 15) is 9.59 Å². The molecule has 4 aromatic rings. The van der Waals surface area contributed by atoms with Gasteiger partial charge in [-0.15, -0.1) is 0 Å². The summed E-state index contributed by atoms with van der Waals surface area (Å²) in [6, 6.07) is 17.2. The highest BCUT2D eigenvalue weighted by Gasteiger charge is 2.41. The van der Waals surface area contributed by atoms with Gasteiger partial charge in [0.15, 0.2) is 0 Å². The van der Waals surface area contributed by atoms with Gasteiger partial charge < -0.3 is 15.0 Å². The number of aromatic amines is 1. The molecular weight excluding hydrogens is 526 g/mol. The molecule has 6 rings (SSSR count). The molecule has 40 heavy (non-hydrogen) atoms. The van der Waals surface area contributed by atoms with Crippen LogP contribution in [0.25, 0.3) is 22.2 Å². The van der Waals surface area contributed by atoms with Crippen LogP contribution < -0.4 is 10.1 Å². The van der Waals surface area contributed by atoms with Gasteiger partial charge in [-0.2, -0.15) is 5.10 Å². The van der Waals surface area contributed by atoms with E-state index in [1.807, 2.05) is 53.4 Å². The van der Waals surface area contributed by atoms with Crippen molar-refractivity contribution in [1.29, 1.82) is 0 Å². The minimum absolute atomic E-state index is 0.0553. The highest BCUT2D eigenvalue weighted by atomic mass is 35.5. The molecule has 4 heterocycles. The van der Waals surface area contributed by atoms with E-state index < -0.39 is 0 Å². The van der Waals surface area contributed by atoms with Crippen LogP contribution in [0.1, 0.15) is 61.5 Å². The van der Waals surface area contributed by atoms with Crippen molar-refractivity contribution < 1.29 is 14.3 Å². The molecule has 0 saturated carbocycles. The number of nitrogens with one attached hydrogen (secondary N) is 2. The zero-order chi connectivity index (χ0) is 27.8. The number of nitrogens with zero attached hydrogens (tertiary/aromatic N) is 3. The van der Waals surface area contributed by atoms with E-state index in [-0.39, 0.29) is 36.1 Å². The summed E-state index contributed by atoms with van der Waals surface area (Å²) in [6.45, 7) is 4.12. The number of benzene rings is 2. The standard InChI is InChI=1S/C31H32ClN5O3/c1-18(2)29(24-5-3-4-6-26(24)32)34-31(39)19-7-11-27-25(13-19)30(36-35-27)20-8-12-28(33-16-20)40-23-14-21-9-10-22(15-23)37(21)17-38/h3-8,11-13,16-18,21-23,29H,9-10,14-15H2,1-2H3,(H,34,39)(H,35,36)/t21-,22+,23+,29-/m0/s1. The number of carbonyl (C=O) groups excluding carboxylic acids is 2. The molecule has 2 fully saturated rings. The molecule has 2 aromatic heterocycles. The van der Waals surface area contributed by atoms with Gasteiger partial charge in [-0.25, -0.2) is 4.98 Å². The Morgan fingerprint density at radius 1 is 1.12 bits per heavy atom. The average Bonchev–Trinajstić information content (AvgIpc) is 3.49. The quantitative estimate of drug-likeness (QED) is 0.261. The van der Waals surface area contributed by atoms with E-state index in [1.54, 1.807) is 12.3 Å². The maximum absolute atomic E-state index is 13.3. The molecule has 2 N–H and O–H groups in total. The third-order valence-electron chi connectivity index (χ3n) is 8.18. The number of H-pyrrole nitrogens is 1. The number of hydrogen-bond acceptors (Lipinski definition) is 5. The molecule has 0 radical (unpaired) electrons. The van der Waals surface area contributed by atoms with Crippen LogP contribution in [0.15, 0.2) is 60.8 Å². The van der Waals surface area contributed by atoms with Gasteiger partial charge >= 0.3 is 0 Å². The average molecular weight is 558 g/mol. The summed E-state index contributed by atoms with van der Waals surface area (Å²) in [6.07, 6.45) is 6.54. The fourth-order valence-electron chi connectivity index (χ4n) is 6.12. The summed E-state index contributed by atoms with van der Waals surface area (Å²) in [7, 11) is 0. The number of aromatic nitrogens is 3. The lowest BCUT2D eigenvalue weighted by Crippen LogP contribution is -2.45. The Labute approximate surface area is 238 Å². The van der Waals surface area contributed by atoms with Gasteiger partial charge in [0.05, 0.1) is 11.6 Å². The van der Waals surface area contributed by atoms with E-state index in [1.165, 1.54) is 0 Å². The Morgan fingerprint density at radius 2 is 1.90 bits per heavy atom. The van der Waals surface area contributed by atoms with Gasteiger partial charge in [0.1, 0.15) is 11.8 Å². The molecule has 2 amide bonds. The number of ether oxygens (including phenoxy) is 1. The summed E-state index contributed by atoms with van der Waals surface area (Å²) >= 11 is 6.44. The Morgan fingerprint density at radius 3 is 2.58 bits per heavy atom. The van der Waals surface area contributed by atoms with E-state index in [2.05, 4.69) is 34.3 Å². The number of fused-ring (bicyclic) bond motifs is 3. The van der Waals surface area contributed by atoms with Crippen molar-refractivity contribution in [3.8, 4) is 17.1 Å². The normalized spacial score (nSPS) is 21.0. The zero-order valence-electron chi connectivity index (χ0n) is 22.5. The van der Waals surface area contributed by atoms with Crippen LogP contribution in [-0.2, 0) is 4.79 Å². The third kappa shape index (κ3) is 5.04. The first kappa shape index (κ1) is 26.3. The molecule has 2 aromatic carbocycles. The fraction of sp³-hybridized carbons (Fsp3) is 0.355. The predicted octanol–water partition coefficient (Wildman–Crippen LogP) is 5.94. The van der Waals surface area contributed by atoms with Gasteiger partial charge in [-0.1, -0.05) is 43.6 Å². The van der Waals surface area contributed by atoms with Crippen LogP contribution in [-0.4, -0.2) is 50.6 Å². The Hall–Kier alpha value is -3.91. The minimum atomic E-state index is -0.224. The molecule has 2 bridgehead atoms. The summed E-state index contributed by atoms with van der Waals surface area (Å²) in [4.78, 5) is 31.2. The SMILES string of the molecule is CC(C)[C@H](NC(=O)c1ccc2[nH]nc(-c3ccc(O[C@H]4C[C@H]5CC[C@@H](C4)N5C=O)nc3)c2c1)c1ccccc1Cl. The van der Waals surface area contributed by atoms with E-state index in [0.717, 1.165) is 54.1 Å². The number of rotatable bonds is 8. The first-order valence-corrected chi connectivity index (χ1v) is 14.2. The van der Waals surface area contributed by atoms with Gasteiger partial charge in [-0.3, -0.25) is 14.7 Å². The highest BCUT2D eigenvalue weighted by Crippen LogP contribution is 2.36. The smallest absolute Gasteiger partial charge is 0.251 e. The van der Waals surface area contributed by atoms with Gasteiger partial charge in [0, 0.05) is 58.7 Å². The molecular formula is C31H32ClN5O3. The van der Waals surface area contributed by atoms with Crippen LogP contribution in [0.2, 0.25) is 5.02 Å². The second-order valence-corrected chi connectivity index (χ2v) is 11.5. The molecule has 2 saturated heterocycles. The van der Waals surface area contributed by atoms with Gasteiger partial charge in [0.25, 0.3) is 5.91 Å². The summed E-state index contributed by atoms with van der Waals surface area (Å²) in [5.74, 6) is 0.535. The number of pyridine rings is 1. The maximum atomic E-state index is 13.3. The first-order chi connectivity index (χ1) is 19.4. The van der Waals surface area contributed by atoms with Crippen molar-refractivity contribution in [2.75, 3.05) is 0 Å².